The maximum atomic E-state index is 12.5. The SMILES string of the molecule is CCn1ccnc1C1CCCN(C(=O)Nc2cccc(Cl)c2)C1. The molecule has 0 saturated carbocycles. The number of carbonyl (C=O) groups excluding carboxylic acids is 1. The fourth-order valence-corrected chi connectivity index (χ4v) is 3.28. The van der Waals surface area contributed by atoms with Gasteiger partial charge in [-0.15, -0.1) is 0 Å². The van der Waals surface area contributed by atoms with Crippen molar-refractivity contribution in [2.24, 2.45) is 0 Å². The average molecular weight is 333 g/mol. The first kappa shape index (κ1) is 15.9. The van der Waals surface area contributed by atoms with Crippen LogP contribution < -0.4 is 5.32 Å². The highest BCUT2D eigenvalue weighted by Gasteiger charge is 2.27. The second-order valence-corrected chi connectivity index (χ2v) is 6.23. The van der Waals surface area contributed by atoms with E-state index in [2.05, 4.69) is 21.8 Å². The van der Waals surface area contributed by atoms with E-state index in [-0.39, 0.29) is 6.03 Å². The molecule has 0 radical (unpaired) electrons. The molecule has 1 aromatic carbocycles. The Labute approximate surface area is 141 Å². The molecule has 23 heavy (non-hydrogen) atoms. The van der Waals surface area contributed by atoms with Gasteiger partial charge in [0.2, 0.25) is 0 Å². The van der Waals surface area contributed by atoms with Crippen molar-refractivity contribution >= 4 is 23.3 Å². The minimum atomic E-state index is -0.0772. The standard InChI is InChI=1S/C17H21ClN4O/c1-2-21-10-8-19-16(21)13-5-4-9-22(12-13)17(23)20-15-7-3-6-14(18)11-15/h3,6-8,10-11,13H,2,4-5,9,12H2,1H3,(H,20,23). The van der Waals surface area contributed by atoms with Gasteiger partial charge in [0, 0.05) is 48.7 Å². The zero-order valence-corrected chi connectivity index (χ0v) is 14.0. The summed E-state index contributed by atoms with van der Waals surface area (Å²) < 4.78 is 2.16. The monoisotopic (exact) mass is 332 g/mol. The molecule has 1 N–H and O–H groups in total. The molecule has 3 rings (SSSR count). The molecule has 1 atom stereocenters. The van der Waals surface area contributed by atoms with Gasteiger partial charge >= 0.3 is 6.03 Å². The van der Waals surface area contributed by atoms with E-state index in [1.165, 1.54) is 0 Å². The number of nitrogens with one attached hydrogen (secondary N) is 1. The van der Waals surface area contributed by atoms with Crippen LogP contribution in [0.5, 0.6) is 0 Å². The third kappa shape index (κ3) is 3.67. The molecule has 1 unspecified atom stereocenters. The number of benzene rings is 1. The number of hydrogen-bond donors (Lipinski definition) is 1. The van der Waals surface area contributed by atoms with E-state index in [4.69, 9.17) is 11.6 Å². The van der Waals surface area contributed by atoms with Crippen LogP contribution in [0, 0.1) is 0 Å². The van der Waals surface area contributed by atoms with E-state index in [0.29, 0.717) is 17.5 Å². The van der Waals surface area contributed by atoms with E-state index < -0.39 is 0 Å². The van der Waals surface area contributed by atoms with E-state index in [1.807, 2.05) is 29.4 Å². The molecule has 1 saturated heterocycles. The summed E-state index contributed by atoms with van der Waals surface area (Å²) in [6, 6.07) is 7.14. The molecule has 0 aliphatic carbocycles. The number of aromatic nitrogens is 2. The van der Waals surface area contributed by atoms with Crippen molar-refractivity contribution in [1.29, 1.82) is 0 Å². The molecule has 6 heteroatoms. The van der Waals surface area contributed by atoms with Gasteiger partial charge in [-0.1, -0.05) is 17.7 Å². The summed E-state index contributed by atoms with van der Waals surface area (Å²) >= 11 is 5.96. The number of amides is 2. The number of hydrogen-bond acceptors (Lipinski definition) is 2. The maximum absolute atomic E-state index is 12.5. The zero-order valence-electron chi connectivity index (χ0n) is 13.2. The van der Waals surface area contributed by atoms with Crippen molar-refractivity contribution in [3.8, 4) is 0 Å². The number of piperidine rings is 1. The Hall–Kier alpha value is -2.01. The van der Waals surface area contributed by atoms with Gasteiger partial charge in [0.15, 0.2) is 0 Å². The van der Waals surface area contributed by atoms with Gasteiger partial charge in [-0.05, 0) is 38.0 Å². The lowest BCUT2D eigenvalue weighted by atomic mass is 9.97. The molecule has 5 nitrogen and oxygen atoms in total. The molecule has 0 spiro atoms. The smallest absolute Gasteiger partial charge is 0.321 e. The number of aryl methyl sites for hydroxylation is 1. The van der Waals surface area contributed by atoms with E-state index in [1.54, 1.807) is 12.1 Å². The quantitative estimate of drug-likeness (QED) is 0.924. The summed E-state index contributed by atoms with van der Waals surface area (Å²) in [6.07, 6.45) is 5.90. The molecule has 1 aliphatic heterocycles. The van der Waals surface area contributed by atoms with Crippen molar-refractivity contribution in [1.82, 2.24) is 14.5 Å². The van der Waals surface area contributed by atoms with Crippen LogP contribution in [0.4, 0.5) is 10.5 Å². The summed E-state index contributed by atoms with van der Waals surface area (Å²) in [4.78, 5) is 18.8. The number of likely N-dealkylation sites (tertiary alicyclic amines) is 1. The predicted molar refractivity (Wildman–Crippen MR) is 91.9 cm³/mol. The topological polar surface area (TPSA) is 50.2 Å². The Bertz CT molecular complexity index is 685. The number of nitrogens with zero attached hydrogens (tertiary/aromatic N) is 3. The van der Waals surface area contributed by atoms with Crippen molar-refractivity contribution in [3.63, 3.8) is 0 Å². The van der Waals surface area contributed by atoms with Crippen molar-refractivity contribution in [2.45, 2.75) is 32.2 Å². The molecule has 2 heterocycles. The minimum absolute atomic E-state index is 0.0772. The summed E-state index contributed by atoms with van der Waals surface area (Å²) in [5.41, 5.74) is 0.722. The highest BCUT2D eigenvalue weighted by molar-refractivity contribution is 6.30. The van der Waals surface area contributed by atoms with Crippen LogP contribution in [-0.4, -0.2) is 33.6 Å². The second kappa shape index (κ2) is 7.04. The molecule has 0 bridgehead atoms. The summed E-state index contributed by atoms with van der Waals surface area (Å²) in [5.74, 6) is 1.37. The summed E-state index contributed by atoms with van der Waals surface area (Å²) in [7, 11) is 0. The molecule has 1 aliphatic rings. The number of imidazole rings is 1. The maximum Gasteiger partial charge on any atom is 0.321 e. The summed E-state index contributed by atoms with van der Waals surface area (Å²) in [5, 5.41) is 3.54. The normalized spacial score (nSPS) is 18.0. The molecule has 122 valence electrons. The Morgan fingerprint density at radius 2 is 2.35 bits per heavy atom. The Morgan fingerprint density at radius 3 is 3.13 bits per heavy atom. The first-order valence-corrected chi connectivity index (χ1v) is 8.37. The molecule has 1 fully saturated rings. The van der Waals surface area contributed by atoms with Crippen molar-refractivity contribution < 1.29 is 4.79 Å². The van der Waals surface area contributed by atoms with Gasteiger partial charge < -0.3 is 14.8 Å². The van der Waals surface area contributed by atoms with Crippen LogP contribution in [-0.2, 0) is 6.54 Å². The number of anilines is 1. The van der Waals surface area contributed by atoms with Gasteiger partial charge in [0.05, 0.1) is 0 Å². The molecular weight excluding hydrogens is 312 g/mol. The van der Waals surface area contributed by atoms with Crippen LogP contribution in [0.3, 0.4) is 0 Å². The fraction of sp³-hybridized carbons (Fsp3) is 0.412. The first-order valence-electron chi connectivity index (χ1n) is 8.00. The summed E-state index contributed by atoms with van der Waals surface area (Å²) in [6.45, 7) is 4.48. The number of urea groups is 1. The fourth-order valence-electron chi connectivity index (χ4n) is 3.09. The molecule has 2 amide bonds. The lowest BCUT2D eigenvalue weighted by Gasteiger charge is -2.32. The van der Waals surface area contributed by atoms with Gasteiger partial charge in [-0.25, -0.2) is 9.78 Å². The molecule has 1 aromatic heterocycles. The van der Waals surface area contributed by atoms with Crippen molar-refractivity contribution in [2.75, 3.05) is 18.4 Å². The van der Waals surface area contributed by atoms with Crippen LogP contribution in [0.15, 0.2) is 36.7 Å². The highest BCUT2D eigenvalue weighted by atomic mass is 35.5. The lowest BCUT2D eigenvalue weighted by Crippen LogP contribution is -2.42. The van der Waals surface area contributed by atoms with Crippen LogP contribution >= 0.6 is 11.6 Å². The van der Waals surface area contributed by atoms with Crippen molar-refractivity contribution in [3.05, 3.63) is 47.5 Å². The lowest BCUT2D eigenvalue weighted by molar-refractivity contribution is 0.190. The van der Waals surface area contributed by atoms with Crippen LogP contribution in [0.25, 0.3) is 0 Å². The number of halogens is 1. The minimum Gasteiger partial charge on any atom is -0.335 e. The van der Waals surface area contributed by atoms with Crippen LogP contribution in [0.2, 0.25) is 5.02 Å². The largest absolute Gasteiger partial charge is 0.335 e. The van der Waals surface area contributed by atoms with Gasteiger partial charge in [-0.3, -0.25) is 0 Å². The Kier molecular flexibility index (Phi) is 4.86. The van der Waals surface area contributed by atoms with E-state index >= 15 is 0 Å². The number of carbonyl (C=O) groups is 1. The molecule has 2 aromatic rings. The Balaban J connectivity index is 1.67. The zero-order chi connectivity index (χ0) is 16.2. The first-order chi connectivity index (χ1) is 11.2. The van der Waals surface area contributed by atoms with Gasteiger partial charge in [-0.2, -0.15) is 0 Å². The predicted octanol–water partition coefficient (Wildman–Crippen LogP) is 3.97. The second-order valence-electron chi connectivity index (χ2n) is 5.80. The number of rotatable bonds is 3. The third-order valence-electron chi connectivity index (χ3n) is 4.24. The average Bonchev–Trinajstić information content (AvgIpc) is 3.03. The molecular formula is C17H21ClN4O. The third-order valence-corrected chi connectivity index (χ3v) is 4.47. The van der Waals surface area contributed by atoms with E-state index in [0.717, 1.165) is 37.4 Å². The highest BCUT2D eigenvalue weighted by Crippen LogP contribution is 2.26. The Morgan fingerprint density at radius 1 is 1.48 bits per heavy atom. The van der Waals surface area contributed by atoms with Gasteiger partial charge in [0.25, 0.3) is 0 Å². The van der Waals surface area contributed by atoms with Gasteiger partial charge in [0.1, 0.15) is 5.82 Å². The van der Waals surface area contributed by atoms with E-state index in [9.17, 15) is 4.79 Å². The van der Waals surface area contributed by atoms with Crippen LogP contribution in [0.1, 0.15) is 31.5 Å².